The summed E-state index contributed by atoms with van der Waals surface area (Å²) in [5, 5.41) is 1.57. The Morgan fingerprint density at radius 2 is 1.74 bits per heavy atom. The van der Waals surface area contributed by atoms with E-state index in [0.29, 0.717) is 22.2 Å². The minimum atomic E-state index is -0.681. The SMILES string of the molecule is O=C(Cc1c[nH]c2ccc(F)cc12)C[C@@H](Cc1cc(F)cc(F)c1)c1ncccc1-c1cnc2[nH]ccc2c1. The van der Waals surface area contributed by atoms with E-state index in [1.54, 1.807) is 30.7 Å². The van der Waals surface area contributed by atoms with E-state index in [1.165, 1.54) is 24.3 Å². The number of benzene rings is 2. The molecule has 0 bridgehead atoms. The van der Waals surface area contributed by atoms with Crippen molar-refractivity contribution in [2.75, 3.05) is 0 Å². The molecule has 2 aromatic carbocycles. The highest BCUT2D eigenvalue weighted by molar-refractivity contribution is 5.90. The summed E-state index contributed by atoms with van der Waals surface area (Å²) in [6, 6.07) is 15.4. The fourth-order valence-corrected chi connectivity index (χ4v) is 5.21. The number of H-pyrrole nitrogens is 2. The summed E-state index contributed by atoms with van der Waals surface area (Å²) in [6.07, 6.45) is 7.26. The Bertz CT molecular complexity index is 1800. The van der Waals surface area contributed by atoms with Gasteiger partial charge in [-0.1, -0.05) is 6.07 Å². The van der Waals surface area contributed by atoms with Crippen LogP contribution in [0, 0.1) is 17.5 Å². The lowest BCUT2D eigenvalue weighted by atomic mass is 9.86. The second kappa shape index (κ2) is 10.2. The third-order valence-electron chi connectivity index (χ3n) is 6.93. The molecule has 0 aliphatic heterocycles. The van der Waals surface area contributed by atoms with Gasteiger partial charge >= 0.3 is 0 Å². The van der Waals surface area contributed by atoms with Crippen LogP contribution in [0.4, 0.5) is 13.2 Å². The number of fused-ring (bicyclic) bond motifs is 2. The number of nitrogens with zero attached hydrogens (tertiary/aromatic N) is 2. The summed E-state index contributed by atoms with van der Waals surface area (Å²) in [7, 11) is 0. The minimum absolute atomic E-state index is 0.0734. The highest BCUT2D eigenvalue weighted by Gasteiger charge is 2.23. The molecule has 5 nitrogen and oxygen atoms in total. The molecule has 2 N–H and O–H groups in total. The molecule has 0 spiro atoms. The molecule has 6 rings (SSSR count). The number of nitrogens with one attached hydrogen (secondary N) is 2. The van der Waals surface area contributed by atoms with Crippen LogP contribution < -0.4 is 0 Å². The van der Waals surface area contributed by atoms with Gasteiger partial charge in [0.25, 0.3) is 0 Å². The summed E-state index contributed by atoms with van der Waals surface area (Å²) in [6.45, 7) is 0. The van der Waals surface area contributed by atoms with Gasteiger partial charge in [-0.15, -0.1) is 0 Å². The molecule has 0 amide bonds. The molecule has 8 heteroatoms. The number of rotatable bonds is 8. The van der Waals surface area contributed by atoms with E-state index in [-0.39, 0.29) is 30.9 Å². The molecule has 4 aromatic heterocycles. The number of halogens is 3. The van der Waals surface area contributed by atoms with E-state index < -0.39 is 17.6 Å². The lowest BCUT2D eigenvalue weighted by molar-refractivity contribution is -0.118. The molecule has 4 heterocycles. The highest BCUT2D eigenvalue weighted by Crippen LogP contribution is 2.34. The Balaban J connectivity index is 1.37. The predicted molar refractivity (Wildman–Crippen MR) is 144 cm³/mol. The van der Waals surface area contributed by atoms with Crippen LogP contribution in [0.1, 0.15) is 29.2 Å². The maximum absolute atomic E-state index is 14.1. The first-order valence-electron chi connectivity index (χ1n) is 12.5. The Morgan fingerprint density at radius 1 is 0.897 bits per heavy atom. The van der Waals surface area contributed by atoms with Gasteiger partial charge in [0.15, 0.2) is 0 Å². The molecule has 0 saturated heterocycles. The Kier molecular flexibility index (Phi) is 6.44. The monoisotopic (exact) mass is 524 g/mol. The molecule has 6 aromatic rings. The van der Waals surface area contributed by atoms with Gasteiger partial charge in [0.2, 0.25) is 0 Å². The molecule has 0 unspecified atom stereocenters. The minimum Gasteiger partial charge on any atom is -0.361 e. The second-order valence-corrected chi connectivity index (χ2v) is 9.68. The normalized spacial score (nSPS) is 12.3. The van der Waals surface area contributed by atoms with Crippen molar-refractivity contribution in [2.24, 2.45) is 0 Å². The first kappa shape index (κ1) is 24.6. The zero-order valence-corrected chi connectivity index (χ0v) is 20.7. The zero-order chi connectivity index (χ0) is 26.9. The number of ketones is 1. The third-order valence-corrected chi connectivity index (χ3v) is 6.93. The number of aromatic amines is 2. The van der Waals surface area contributed by atoms with Crippen molar-refractivity contribution < 1.29 is 18.0 Å². The number of carbonyl (C=O) groups is 1. The quantitative estimate of drug-likeness (QED) is 0.224. The van der Waals surface area contributed by atoms with Crippen LogP contribution in [0.15, 0.2) is 85.5 Å². The van der Waals surface area contributed by atoms with Crippen LogP contribution in [-0.4, -0.2) is 25.7 Å². The van der Waals surface area contributed by atoms with Crippen molar-refractivity contribution >= 4 is 27.7 Å². The average molecular weight is 525 g/mol. The third kappa shape index (κ3) is 5.18. The van der Waals surface area contributed by atoms with Crippen LogP contribution >= 0.6 is 0 Å². The number of hydrogen-bond acceptors (Lipinski definition) is 3. The van der Waals surface area contributed by atoms with E-state index >= 15 is 0 Å². The van der Waals surface area contributed by atoms with Crippen molar-refractivity contribution in [3.8, 4) is 11.1 Å². The average Bonchev–Trinajstić information content (AvgIpc) is 3.54. The fraction of sp³-hybridized carbons (Fsp3) is 0.129. The van der Waals surface area contributed by atoms with Crippen LogP contribution in [0.5, 0.6) is 0 Å². The molecular formula is C31H23F3N4O. The van der Waals surface area contributed by atoms with Gasteiger partial charge in [0, 0.05) is 77.0 Å². The van der Waals surface area contributed by atoms with Crippen molar-refractivity contribution in [3.05, 3.63) is 120 Å². The van der Waals surface area contributed by atoms with Gasteiger partial charge in [-0.3, -0.25) is 9.78 Å². The summed E-state index contributed by atoms with van der Waals surface area (Å²) in [5.74, 6) is -2.32. The van der Waals surface area contributed by atoms with Gasteiger partial charge in [-0.2, -0.15) is 0 Å². The number of aromatic nitrogens is 4. The fourth-order valence-electron chi connectivity index (χ4n) is 5.21. The maximum Gasteiger partial charge on any atom is 0.138 e. The largest absolute Gasteiger partial charge is 0.361 e. The first-order chi connectivity index (χ1) is 18.9. The van der Waals surface area contributed by atoms with E-state index in [9.17, 15) is 18.0 Å². The summed E-state index contributed by atoms with van der Waals surface area (Å²) in [5.41, 5.74) is 4.85. The number of carbonyl (C=O) groups excluding carboxylic acids is 1. The summed E-state index contributed by atoms with van der Waals surface area (Å²) in [4.78, 5) is 28.7. The lowest BCUT2D eigenvalue weighted by Crippen LogP contribution is -2.14. The first-order valence-corrected chi connectivity index (χ1v) is 12.5. The Labute approximate surface area is 221 Å². The number of hydrogen-bond donors (Lipinski definition) is 2. The van der Waals surface area contributed by atoms with E-state index in [4.69, 9.17) is 0 Å². The van der Waals surface area contributed by atoms with Crippen molar-refractivity contribution in [2.45, 2.75) is 25.2 Å². The van der Waals surface area contributed by atoms with E-state index in [1.807, 2.05) is 24.4 Å². The standard InChI is InChI=1S/C31H23F3N4O/c32-23-3-4-29-28(15-23)22(16-37-29)13-26(39)12-20(8-18-9-24(33)14-25(34)10-18)30-27(2-1-6-35-30)21-11-19-5-7-36-31(19)38-17-21/h1-7,9-11,14-17,20,37H,8,12-13H2,(H,36,38)/t20-/m1/s1. The smallest absolute Gasteiger partial charge is 0.138 e. The maximum atomic E-state index is 14.1. The van der Waals surface area contributed by atoms with Crippen molar-refractivity contribution in [1.82, 2.24) is 19.9 Å². The molecule has 194 valence electrons. The molecule has 0 saturated carbocycles. The topological polar surface area (TPSA) is 74.4 Å². The lowest BCUT2D eigenvalue weighted by Gasteiger charge is -2.20. The summed E-state index contributed by atoms with van der Waals surface area (Å²) < 4.78 is 42.0. The molecule has 0 aliphatic rings. The van der Waals surface area contributed by atoms with Gasteiger partial charge in [0.1, 0.15) is 28.9 Å². The molecule has 39 heavy (non-hydrogen) atoms. The van der Waals surface area contributed by atoms with Gasteiger partial charge < -0.3 is 9.97 Å². The van der Waals surface area contributed by atoms with Gasteiger partial charge in [0.05, 0.1) is 5.69 Å². The molecule has 1 atom stereocenters. The number of Topliss-reactive ketones (excluding diaryl/α,β-unsaturated/α-hetero) is 1. The molecular weight excluding hydrogens is 501 g/mol. The van der Waals surface area contributed by atoms with Gasteiger partial charge in [-0.05, 0) is 66.1 Å². The number of pyridine rings is 2. The van der Waals surface area contributed by atoms with Crippen LogP contribution in [0.25, 0.3) is 33.1 Å². The summed E-state index contributed by atoms with van der Waals surface area (Å²) >= 11 is 0. The molecule has 0 radical (unpaired) electrons. The molecule has 0 aliphatic carbocycles. The van der Waals surface area contributed by atoms with E-state index in [2.05, 4.69) is 19.9 Å². The predicted octanol–water partition coefficient (Wildman–Crippen LogP) is 7.05. The second-order valence-electron chi connectivity index (χ2n) is 9.68. The highest BCUT2D eigenvalue weighted by atomic mass is 19.1. The van der Waals surface area contributed by atoms with Crippen LogP contribution in [0.3, 0.4) is 0 Å². The van der Waals surface area contributed by atoms with Crippen molar-refractivity contribution in [1.29, 1.82) is 0 Å². The Morgan fingerprint density at radius 3 is 2.59 bits per heavy atom. The zero-order valence-electron chi connectivity index (χ0n) is 20.7. The Hall–Kier alpha value is -4.72. The van der Waals surface area contributed by atoms with E-state index in [0.717, 1.165) is 33.7 Å². The van der Waals surface area contributed by atoms with Gasteiger partial charge in [-0.25, -0.2) is 18.2 Å². The molecule has 0 fully saturated rings. The van der Waals surface area contributed by atoms with Crippen LogP contribution in [0.2, 0.25) is 0 Å². The van der Waals surface area contributed by atoms with Crippen LogP contribution in [-0.2, 0) is 17.6 Å². The van der Waals surface area contributed by atoms with Crippen molar-refractivity contribution in [3.63, 3.8) is 0 Å².